The van der Waals surface area contributed by atoms with Crippen LogP contribution in [0.2, 0.25) is 0 Å². The molecule has 5 nitrogen and oxygen atoms in total. The summed E-state index contributed by atoms with van der Waals surface area (Å²) in [5.74, 6) is 0.233. The number of aryl methyl sites for hydroxylation is 1. The summed E-state index contributed by atoms with van der Waals surface area (Å²) in [6.45, 7) is 3.13. The molecular weight excluding hydrogens is 1190 g/mol. The van der Waals surface area contributed by atoms with Crippen LogP contribution in [0.15, 0.2) is 266 Å². The molecule has 0 atom stereocenters. The average Bonchev–Trinajstić information content (AvgIpc) is 1.67. The molecule has 14 rings (SSSR count). The van der Waals surface area contributed by atoms with Gasteiger partial charge in [0.25, 0.3) is 6.33 Å². The largest absolute Gasteiger partial charge is 0.510 e. The van der Waals surface area contributed by atoms with E-state index in [4.69, 9.17) is 30.8 Å². The van der Waals surface area contributed by atoms with Crippen molar-refractivity contribution < 1.29 is 66.0 Å². The average molecular weight is 1270 g/mol. The fourth-order valence-corrected chi connectivity index (χ4v) is 10.0. The Kier molecular flexibility index (Phi) is 8.20. The molecule has 0 saturated carbocycles. The third kappa shape index (κ3) is 10.1. The van der Waals surface area contributed by atoms with E-state index in [0.717, 1.165) is 5.56 Å². The minimum absolute atomic E-state index is 0. The van der Waals surface area contributed by atoms with Crippen molar-refractivity contribution in [1.82, 2.24) is 14.1 Å². The van der Waals surface area contributed by atoms with Crippen molar-refractivity contribution in [1.29, 1.82) is 0 Å². The summed E-state index contributed by atoms with van der Waals surface area (Å²) in [4.78, 5) is 4.69. The molecule has 11 aromatic carbocycles. The van der Waals surface area contributed by atoms with Crippen LogP contribution in [0.1, 0.15) is 67.5 Å². The molecule has 0 bridgehead atoms. The molecule has 14 aromatic rings. The molecule has 3 aromatic heterocycles. The third-order valence-electron chi connectivity index (χ3n) is 13.9. The second kappa shape index (κ2) is 22.0. The molecule has 0 amide bonds. The third-order valence-corrected chi connectivity index (χ3v) is 13.9. The van der Waals surface area contributed by atoms with E-state index < -0.39 is 179 Å². The van der Waals surface area contributed by atoms with Gasteiger partial charge in [-0.3, -0.25) is 4.57 Å². The van der Waals surface area contributed by atoms with Crippen LogP contribution in [0.25, 0.3) is 117 Å². The number of imidazole rings is 1. The fourth-order valence-electron chi connectivity index (χ4n) is 10.0. The van der Waals surface area contributed by atoms with Gasteiger partial charge in [-0.1, -0.05) is 220 Å². The first-order valence-corrected chi connectivity index (χ1v) is 25.8. The number of nitrogens with zero attached hydrogens (tertiary/aromatic N) is 4. The molecule has 0 aliphatic rings. The minimum Gasteiger partial charge on any atom is -0.510 e. The van der Waals surface area contributed by atoms with Gasteiger partial charge in [-0.25, -0.2) is 4.98 Å². The number of pyridine rings is 1. The van der Waals surface area contributed by atoms with Gasteiger partial charge in [0.05, 0.1) is 48.2 Å². The van der Waals surface area contributed by atoms with Crippen LogP contribution in [0.3, 0.4) is 0 Å². The normalized spacial score (nSPS) is 16.1. The number of para-hydroxylation sites is 2. The second-order valence-corrected chi connectivity index (χ2v) is 20.0. The number of fused-ring (bicyclic) bond motifs is 4. The molecule has 6 heteroatoms. The van der Waals surface area contributed by atoms with Crippen molar-refractivity contribution in [3.8, 4) is 95.5 Å². The zero-order valence-electron chi connectivity index (χ0n) is 70.1. The van der Waals surface area contributed by atoms with Crippen molar-refractivity contribution in [2.45, 2.75) is 33.0 Å². The molecule has 3 heterocycles. The molecule has 0 spiro atoms. The van der Waals surface area contributed by atoms with E-state index in [9.17, 15) is 9.60 Å². The van der Waals surface area contributed by atoms with E-state index in [1.54, 1.807) is 75.9 Å². The molecule has 0 N–H and O–H groups in total. The van der Waals surface area contributed by atoms with Gasteiger partial charge in [0.15, 0.2) is 0 Å². The zero-order valence-corrected chi connectivity index (χ0v) is 46.4. The first-order chi connectivity index (χ1) is 51.0. The molecule has 83 heavy (non-hydrogen) atoms. The van der Waals surface area contributed by atoms with Crippen LogP contribution in [0.4, 0.5) is 0 Å². The van der Waals surface area contributed by atoms with Crippen molar-refractivity contribution in [2.75, 3.05) is 0 Å². The van der Waals surface area contributed by atoms with E-state index in [1.165, 1.54) is 29.0 Å². The molecule has 0 aliphatic carbocycles. The second-order valence-electron chi connectivity index (χ2n) is 20.0. The van der Waals surface area contributed by atoms with Crippen LogP contribution in [0, 0.1) is 25.3 Å². The van der Waals surface area contributed by atoms with Crippen LogP contribution < -0.4 is 9.30 Å². The van der Waals surface area contributed by atoms with Crippen LogP contribution in [-0.2, 0) is 26.5 Å². The Morgan fingerprint density at radius 2 is 1.12 bits per heavy atom. The van der Waals surface area contributed by atoms with E-state index in [2.05, 4.69) is 23.4 Å². The number of hydrogen-bond acceptors (Lipinski definition) is 2. The first-order valence-electron chi connectivity index (χ1n) is 38.8. The van der Waals surface area contributed by atoms with Gasteiger partial charge in [0, 0.05) is 54.0 Å². The van der Waals surface area contributed by atoms with E-state index in [-0.39, 0.29) is 94.2 Å². The Morgan fingerprint density at radius 3 is 1.81 bits per heavy atom. The van der Waals surface area contributed by atoms with Crippen molar-refractivity contribution in [3.63, 3.8) is 0 Å². The summed E-state index contributed by atoms with van der Waals surface area (Å²) in [6, 6.07) is 23.7. The van der Waals surface area contributed by atoms with E-state index >= 15 is 0 Å². The molecule has 0 fully saturated rings. The molecule has 0 radical (unpaired) electrons. The van der Waals surface area contributed by atoms with Crippen LogP contribution in [0.5, 0.6) is 11.5 Å². The predicted molar refractivity (Wildman–Crippen MR) is 336 cm³/mol. The summed E-state index contributed by atoms with van der Waals surface area (Å²) in [5, 5.41) is 1.32. The van der Waals surface area contributed by atoms with Crippen molar-refractivity contribution in [3.05, 3.63) is 296 Å². The molecule has 0 unspecified atom stereocenters. The van der Waals surface area contributed by atoms with E-state index in [1.807, 2.05) is 57.2 Å². The van der Waals surface area contributed by atoms with Crippen molar-refractivity contribution >= 4 is 32.8 Å². The van der Waals surface area contributed by atoms with Crippen LogP contribution >= 0.6 is 0 Å². The summed E-state index contributed by atoms with van der Waals surface area (Å²) >= 11 is 0. The topological polar surface area (TPSA) is 35.9 Å². The number of ether oxygens (including phenoxy) is 1. The maximum atomic E-state index is 10.3. The first kappa shape index (κ1) is 31.0. The summed E-state index contributed by atoms with van der Waals surface area (Å²) < 4.78 is 244. The van der Waals surface area contributed by atoms with Crippen LogP contribution in [-0.4, -0.2) is 14.1 Å². The standard InChI is InChI=1S/C77H56N4O.Pt/c1-52-42-75(78-50-70(52)56-28-15-8-16-29-56)81-71-37-18-17-34-68(71)69-40-39-65(49-73(69)81)82-64-33-20-32-63(48-64)79-51-80(72-41-38-57(47-74(72)79)53-22-9-5-10-23-53)76-66(58-30-19-31-62(46-58)77(2,3)4)35-21-36-67(76)61-44-59(54-24-11-6-12-25-54)43-60(45-61)55-26-13-7-14-27-55;/h5-47,50H,1-4H3;/q-2;/i1D3,5D,6D,7D,8D,9D,10D,11D,12D,13D,14D,15D,16D,22D,23D,24D,25D,26D,27D,28D,29D,43D,44D,45D;. The monoisotopic (exact) mass is 1270 g/mol. The quantitative estimate of drug-likeness (QED) is 0.0956. The van der Waals surface area contributed by atoms with Gasteiger partial charge in [-0.15, -0.1) is 29.7 Å². The fraction of sp³-hybridized carbons (Fsp3) is 0.0649. The molecular formula is C77H56N4OPt-2. The zero-order chi connectivity index (χ0) is 77.8. The number of rotatable bonds is 11. The van der Waals surface area contributed by atoms with Gasteiger partial charge in [0.2, 0.25) is 0 Å². The Hall–Kier alpha value is -9.67. The Labute approximate surface area is 535 Å². The Bertz CT molecular complexity index is 6050. The minimum atomic E-state index is -2.90. The number of aromatic nitrogens is 4. The summed E-state index contributed by atoms with van der Waals surface area (Å²) in [7, 11) is 0. The Balaban J connectivity index is 0.0000105. The molecule has 0 saturated heterocycles. The number of benzene rings is 11. The van der Waals surface area contributed by atoms with Gasteiger partial charge in [-0.05, 0) is 132 Å². The number of hydrogen-bond donors (Lipinski definition) is 0. The summed E-state index contributed by atoms with van der Waals surface area (Å²) in [6.07, 6.45) is 4.64. The van der Waals surface area contributed by atoms with E-state index in [0.29, 0.717) is 32.9 Å². The molecule has 402 valence electrons. The van der Waals surface area contributed by atoms with Crippen molar-refractivity contribution in [2.24, 2.45) is 0 Å². The maximum Gasteiger partial charge on any atom is 0.268 e. The SMILES string of the molecule is [2H]c1c([2H])c([2H])c(-c2ccc3c(c2)n(-c2[c-]c(Oc4[c-]c5c(cc4)c4ccccc4n5-c4cc(C([2H])([2H])[2H])c(-c5c([2H])c([2H])c([2H])c([2H])c5[2H])cn4)ccc2)[c-][n+]3-c2c(-c3cccc(C(C)(C)C)c3)cccc2-c2c([2H])c(-c3c([2H])c([2H])c([2H])c([2H])c3[2H])c([2H])c(-c3c([2H])c([2H])c([2H])c([2H])c3[2H])c2[2H])c([2H])c1[2H].[Pt]. The van der Waals surface area contributed by atoms with Gasteiger partial charge in [0.1, 0.15) is 5.82 Å². The summed E-state index contributed by atoms with van der Waals surface area (Å²) in [5.41, 5.74) is -0.928. The maximum absolute atomic E-state index is 10.3. The Morgan fingerprint density at radius 1 is 0.506 bits per heavy atom. The van der Waals surface area contributed by atoms with Gasteiger partial charge < -0.3 is 13.9 Å². The predicted octanol–water partition coefficient (Wildman–Crippen LogP) is 19.2. The smallest absolute Gasteiger partial charge is 0.268 e. The molecule has 0 aliphatic heterocycles. The van der Waals surface area contributed by atoms with Gasteiger partial charge >= 0.3 is 0 Å². The van der Waals surface area contributed by atoms with Gasteiger partial charge in [-0.2, -0.15) is 18.2 Å².